The van der Waals surface area contributed by atoms with Gasteiger partial charge in [0.05, 0.1) is 30.6 Å². The summed E-state index contributed by atoms with van der Waals surface area (Å²) < 4.78 is 4.63. The predicted octanol–water partition coefficient (Wildman–Crippen LogP) is 1.24. The fourth-order valence-corrected chi connectivity index (χ4v) is 1.51. The average Bonchev–Trinajstić information content (AvgIpc) is 2.43. The van der Waals surface area contributed by atoms with E-state index < -0.39 is 5.97 Å². The lowest BCUT2D eigenvalue weighted by atomic mass is 10.1. The molecule has 0 aliphatic carbocycles. The number of hydrogen-bond acceptors (Lipinski definition) is 5. The quantitative estimate of drug-likeness (QED) is 0.538. The predicted molar refractivity (Wildman–Crippen MR) is 78.5 cm³/mol. The summed E-state index contributed by atoms with van der Waals surface area (Å²) in [5.74, 6) is -0.175. The lowest BCUT2D eigenvalue weighted by Crippen LogP contribution is -2.32. The Kier molecular flexibility index (Phi) is 5.83. The van der Waals surface area contributed by atoms with Crippen LogP contribution in [-0.4, -0.2) is 32.1 Å². The highest BCUT2D eigenvalue weighted by molar-refractivity contribution is 5.92. The lowest BCUT2D eigenvalue weighted by molar-refractivity contribution is -0.119. The number of esters is 1. The van der Waals surface area contributed by atoms with E-state index in [0.29, 0.717) is 29.4 Å². The molecule has 6 heteroatoms. The summed E-state index contributed by atoms with van der Waals surface area (Å²) in [5.41, 5.74) is 7.18. The number of hydrogen-bond donors (Lipinski definition) is 3. The minimum atomic E-state index is -0.447. The molecule has 1 aromatic carbocycles. The average molecular weight is 279 g/mol. The third kappa shape index (κ3) is 4.79. The zero-order valence-electron chi connectivity index (χ0n) is 12.0. The van der Waals surface area contributed by atoms with E-state index >= 15 is 0 Å². The van der Waals surface area contributed by atoms with Crippen molar-refractivity contribution in [3.8, 4) is 0 Å². The number of nitrogens with two attached hydrogens (primary N) is 1. The topological polar surface area (TPSA) is 93.4 Å². The van der Waals surface area contributed by atoms with Crippen LogP contribution in [0.3, 0.4) is 0 Å². The van der Waals surface area contributed by atoms with Crippen molar-refractivity contribution in [2.75, 3.05) is 31.2 Å². The van der Waals surface area contributed by atoms with E-state index in [4.69, 9.17) is 5.73 Å². The van der Waals surface area contributed by atoms with Crippen molar-refractivity contribution in [2.24, 2.45) is 5.92 Å². The van der Waals surface area contributed by atoms with Crippen LogP contribution in [0, 0.1) is 5.92 Å². The zero-order chi connectivity index (χ0) is 15.1. The summed E-state index contributed by atoms with van der Waals surface area (Å²) in [4.78, 5) is 23.0. The number of carbonyl (C=O) groups excluding carboxylic acids is 2. The molecule has 0 fully saturated rings. The van der Waals surface area contributed by atoms with Crippen molar-refractivity contribution in [3.05, 3.63) is 23.8 Å². The molecular formula is C14H21N3O3. The van der Waals surface area contributed by atoms with E-state index in [1.165, 1.54) is 7.11 Å². The SMILES string of the molecule is COC(=O)c1ccc(N)c(NCC(=O)NCC(C)C)c1. The lowest BCUT2D eigenvalue weighted by Gasteiger charge is -2.12. The molecule has 0 saturated heterocycles. The minimum Gasteiger partial charge on any atom is -0.465 e. The van der Waals surface area contributed by atoms with Gasteiger partial charge in [-0.25, -0.2) is 4.79 Å². The molecular weight excluding hydrogens is 258 g/mol. The molecule has 1 aromatic rings. The van der Waals surface area contributed by atoms with Crippen molar-refractivity contribution in [3.63, 3.8) is 0 Å². The van der Waals surface area contributed by atoms with Crippen LogP contribution in [0.25, 0.3) is 0 Å². The van der Waals surface area contributed by atoms with Crippen molar-refractivity contribution >= 4 is 23.3 Å². The molecule has 0 aliphatic heterocycles. The molecule has 110 valence electrons. The zero-order valence-corrected chi connectivity index (χ0v) is 12.0. The van der Waals surface area contributed by atoms with E-state index in [1.54, 1.807) is 18.2 Å². The molecule has 20 heavy (non-hydrogen) atoms. The molecule has 0 aromatic heterocycles. The molecule has 4 N–H and O–H groups in total. The number of rotatable bonds is 6. The third-order valence-corrected chi connectivity index (χ3v) is 2.62. The number of ether oxygens (including phenoxy) is 1. The van der Waals surface area contributed by atoms with Gasteiger partial charge in [0.1, 0.15) is 0 Å². The Hall–Kier alpha value is -2.24. The smallest absolute Gasteiger partial charge is 0.337 e. The van der Waals surface area contributed by atoms with E-state index in [0.717, 1.165) is 0 Å². The van der Waals surface area contributed by atoms with Crippen LogP contribution in [-0.2, 0) is 9.53 Å². The van der Waals surface area contributed by atoms with Gasteiger partial charge in [-0.2, -0.15) is 0 Å². The molecule has 0 atom stereocenters. The van der Waals surface area contributed by atoms with Crippen LogP contribution >= 0.6 is 0 Å². The summed E-state index contributed by atoms with van der Waals surface area (Å²) >= 11 is 0. The molecule has 1 rings (SSSR count). The Bertz CT molecular complexity index is 487. The largest absolute Gasteiger partial charge is 0.465 e. The fraction of sp³-hybridized carbons (Fsp3) is 0.429. The normalized spacial score (nSPS) is 10.2. The maximum absolute atomic E-state index is 11.6. The highest BCUT2D eigenvalue weighted by Gasteiger charge is 2.09. The summed E-state index contributed by atoms with van der Waals surface area (Å²) in [5, 5.41) is 5.70. The van der Waals surface area contributed by atoms with E-state index in [2.05, 4.69) is 15.4 Å². The van der Waals surface area contributed by atoms with Crippen LogP contribution in [0.15, 0.2) is 18.2 Å². The summed E-state index contributed by atoms with van der Waals surface area (Å²) in [6.45, 7) is 4.76. The Morgan fingerprint density at radius 2 is 2.05 bits per heavy atom. The maximum atomic E-state index is 11.6. The summed E-state index contributed by atoms with van der Waals surface area (Å²) in [6, 6.07) is 4.74. The first kappa shape index (κ1) is 15.8. The Labute approximate surface area is 118 Å². The monoisotopic (exact) mass is 279 g/mol. The first-order chi connectivity index (χ1) is 9.43. The molecule has 0 radical (unpaired) electrons. The van der Waals surface area contributed by atoms with Gasteiger partial charge in [0, 0.05) is 6.54 Å². The van der Waals surface area contributed by atoms with Gasteiger partial charge >= 0.3 is 5.97 Å². The van der Waals surface area contributed by atoms with E-state index in [1.807, 2.05) is 13.8 Å². The van der Waals surface area contributed by atoms with Gasteiger partial charge in [-0.05, 0) is 24.1 Å². The van der Waals surface area contributed by atoms with Crippen LogP contribution in [0.2, 0.25) is 0 Å². The number of carbonyl (C=O) groups is 2. The highest BCUT2D eigenvalue weighted by atomic mass is 16.5. The van der Waals surface area contributed by atoms with E-state index in [9.17, 15) is 9.59 Å². The molecule has 0 unspecified atom stereocenters. The van der Waals surface area contributed by atoms with Gasteiger partial charge in [-0.3, -0.25) is 4.79 Å². The molecule has 1 amide bonds. The fourth-order valence-electron chi connectivity index (χ4n) is 1.51. The van der Waals surface area contributed by atoms with Crippen LogP contribution in [0.1, 0.15) is 24.2 Å². The molecule has 0 heterocycles. The molecule has 0 aliphatic rings. The highest BCUT2D eigenvalue weighted by Crippen LogP contribution is 2.20. The number of nitrogens with one attached hydrogen (secondary N) is 2. The molecule has 6 nitrogen and oxygen atoms in total. The number of nitrogen functional groups attached to an aromatic ring is 1. The van der Waals surface area contributed by atoms with Crippen molar-refractivity contribution < 1.29 is 14.3 Å². The number of amides is 1. The number of benzene rings is 1. The first-order valence-electron chi connectivity index (χ1n) is 6.42. The van der Waals surface area contributed by atoms with Crippen molar-refractivity contribution in [2.45, 2.75) is 13.8 Å². The second-order valence-electron chi connectivity index (χ2n) is 4.85. The van der Waals surface area contributed by atoms with Gasteiger partial charge < -0.3 is 21.1 Å². The Morgan fingerprint density at radius 1 is 1.35 bits per heavy atom. The van der Waals surface area contributed by atoms with Crippen molar-refractivity contribution in [1.82, 2.24) is 5.32 Å². The standard InChI is InChI=1S/C14H21N3O3/c1-9(2)7-17-13(18)8-16-12-6-10(14(19)20-3)4-5-11(12)15/h4-6,9,16H,7-8,15H2,1-3H3,(H,17,18). The van der Waals surface area contributed by atoms with Gasteiger partial charge in [-0.1, -0.05) is 13.8 Å². The Balaban J connectivity index is 2.63. The second kappa shape index (κ2) is 7.37. The summed E-state index contributed by atoms with van der Waals surface area (Å²) in [7, 11) is 1.31. The minimum absolute atomic E-state index is 0.0988. The molecule has 0 spiro atoms. The maximum Gasteiger partial charge on any atom is 0.337 e. The van der Waals surface area contributed by atoms with Gasteiger partial charge in [0.25, 0.3) is 0 Å². The Morgan fingerprint density at radius 3 is 2.65 bits per heavy atom. The van der Waals surface area contributed by atoms with Crippen LogP contribution < -0.4 is 16.4 Å². The van der Waals surface area contributed by atoms with Gasteiger partial charge in [0.2, 0.25) is 5.91 Å². The van der Waals surface area contributed by atoms with E-state index in [-0.39, 0.29) is 12.5 Å². The third-order valence-electron chi connectivity index (χ3n) is 2.62. The summed E-state index contributed by atoms with van der Waals surface area (Å²) in [6.07, 6.45) is 0. The van der Waals surface area contributed by atoms with Crippen LogP contribution in [0.5, 0.6) is 0 Å². The van der Waals surface area contributed by atoms with Gasteiger partial charge in [-0.15, -0.1) is 0 Å². The van der Waals surface area contributed by atoms with Crippen molar-refractivity contribution in [1.29, 1.82) is 0 Å². The number of methoxy groups -OCH3 is 1. The second-order valence-corrected chi connectivity index (χ2v) is 4.85. The van der Waals surface area contributed by atoms with Gasteiger partial charge in [0.15, 0.2) is 0 Å². The van der Waals surface area contributed by atoms with Crippen LogP contribution in [0.4, 0.5) is 11.4 Å². The number of anilines is 2. The molecule has 0 bridgehead atoms. The molecule has 0 saturated carbocycles. The first-order valence-corrected chi connectivity index (χ1v) is 6.42.